The molecular weight excluding hydrogens is 438 g/mol. The number of hydrogen-bond donors (Lipinski definition) is 1. The van der Waals surface area contributed by atoms with Gasteiger partial charge in [0.1, 0.15) is 5.71 Å². The van der Waals surface area contributed by atoms with Crippen molar-refractivity contribution in [3.63, 3.8) is 0 Å². The number of hydrogen-bond acceptors (Lipinski definition) is 4. The zero-order chi connectivity index (χ0) is 24.9. The number of carbonyl (C=O) groups excluding carboxylic acids is 1. The molecule has 34 heavy (non-hydrogen) atoms. The zero-order valence-electron chi connectivity index (χ0n) is 20.6. The normalized spacial score (nSPS) is 13.6. The summed E-state index contributed by atoms with van der Waals surface area (Å²) in [6, 6.07) is 17.5. The van der Waals surface area contributed by atoms with E-state index >= 15 is 0 Å². The predicted molar refractivity (Wildman–Crippen MR) is 151 cm³/mol. The molecule has 1 N–H and O–H groups in total. The third-order valence-electron chi connectivity index (χ3n) is 5.04. The van der Waals surface area contributed by atoms with Crippen LogP contribution in [0.25, 0.3) is 11.3 Å². The third-order valence-corrected chi connectivity index (χ3v) is 5.99. The minimum absolute atomic E-state index is 0.281. The maximum atomic E-state index is 13.2. The summed E-state index contributed by atoms with van der Waals surface area (Å²) in [5, 5.41) is 6.06. The van der Waals surface area contributed by atoms with Crippen LogP contribution in [0, 0.1) is 0 Å². The van der Waals surface area contributed by atoms with Crippen LogP contribution in [-0.4, -0.2) is 16.7 Å². The Morgan fingerprint density at radius 2 is 1.74 bits per heavy atom. The Morgan fingerprint density at radius 3 is 2.38 bits per heavy atom. The SMILES string of the molecule is C=CN=C(/C=C(\C)c1ccccc1)C(=O)Nc1ccccc1/C(=C/C)N=C(C)S/C=C(\C)CC. The van der Waals surface area contributed by atoms with Gasteiger partial charge in [-0.3, -0.25) is 9.79 Å². The number of carbonyl (C=O) groups is 1. The molecule has 0 spiro atoms. The van der Waals surface area contributed by atoms with Crippen LogP contribution in [-0.2, 0) is 4.79 Å². The summed E-state index contributed by atoms with van der Waals surface area (Å²) in [5.41, 5.74) is 5.86. The second kappa shape index (κ2) is 14.0. The fourth-order valence-corrected chi connectivity index (χ4v) is 3.69. The van der Waals surface area contributed by atoms with Gasteiger partial charge in [0.15, 0.2) is 0 Å². The van der Waals surface area contributed by atoms with Crippen molar-refractivity contribution in [2.45, 2.75) is 41.0 Å². The summed E-state index contributed by atoms with van der Waals surface area (Å²) in [6.45, 7) is 13.8. The lowest BCUT2D eigenvalue weighted by molar-refractivity contribution is -0.110. The van der Waals surface area contributed by atoms with Crippen molar-refractivity contribution in [1.82, 2.24) is 0 Å². The van der Waals surface area contributed by atoms with Gasteiger partial charge in [-0.05, 0) is 62.8 Å². The van der Waals surface area contributed by atoms with E-state index in [1.54, 1.807) is 17.8 Å². The van der Waals surface area contributed by atoms with Crippen molar-refractivity contribution < 1.29 is 4.79 Å². The number of rotatable bonds is 9. The van der Waals surface area contributed by atoms with Crippen molar-refractivity contribution in [3.05, 3.63) is 102 Å². The Kier molecular flexibility index (Phi) is 11.0. The molecule has 0 saturated heterocycles. The largest absolute Gasteiger partial charge is 0.320 e. The molecular formula is C29H33N3OS. The van der Waals surface area contributed by atoms with E-state index in [2.05, 4.69) is 36.1 Å². The fourth-order valence-electron chi connectivity index (χ4n) is 3.00. The minimum Gasteiger partial charge on any atom is -0.320 e. The predicted octanol–water partition coefficient (Wildman–Crippen LogP) is 8.14. The highest BCUT2D eigenvalue weighted by molar-refractivity contribution is 8.16. The van der Waals surface area contributed by atoms with E-state index in [1.807, 2.05) is 81.4 Å². The lowest BCUT2D eigenvalue weighted by Crippen LogP contribution is -2.22. The van der Waals surface area contributed by atoms with E-state index < -0.39 is 0 Å². The average molecular weight is 472 g/mol. The van der Waals surface area contributed by atoms with E-state index in [0.717, 1.165) is 33.9 Å². The van der Waals surface area contributed by atoms with Gasteiger partial charge in [-0.25, -0.2) is 4.99 Å². The van der Waals surface area contributed by atoms with Gasteiger partial charge < -0.3 is 5.32 Å². The number of amides is 1. The molecule has 0 heterocycles. The highest BCUT2D eigenvalue weighted by Crippen LogP contribution is 2.27. The van der Waals surface area contributed by atoms with Crippen LogP contribution in [0.15, 0.2) is 100 Å². The molecule has 0 radical (unpaired) electrons. The first-order valence-corrected chi connectivity index (χ1v) is 12.1. The molecule has 176 valence electrons. The van der Waals surface area contributed by atoms with Gasteiger partial charge in [-0.2, -0.15) is 0 Å². The Labute approximate surface area is 208 Å². The molecule has 2 aromatic rings. The summed E-state index contributed by atoms with van der Waals surface area (Å²) >= 11 is 1.61. The molecule has 2 rings (SSSR count). The lowest BCUT2D eigenvalue weighted by atomic mass is 10.1. The molecule has 0 bridgehead atoms. The number of thioether (sulfide) groups is 1. The van der Waals surface area contributed by atoms with Crippen molar-refractivity contribution in [2.24, 2.45) is 9.98 Å². The Hall–Kier alpha value is -3.44. The molecule has 0 aliphatic rings. The highest BCUT2D eigenvalue weighted by Gasteiger charge is 2.14. The standard InChI is InChI=1S/C29H33N3OS/c1-7-21(4)20-34-23(6)31-26(8-2)25-17-13-14-18-27(25)32-29(33)28(30-9-3)19-22(5)24-15-11-10-12-16-24/h8-20H,3,7H2,1-2,4-6H3,(H,32,33)/b21-20+,22-19+,26-8-,30-28?,31-23?. The van der Waals surface area contributed by atoms with Crippen LogP contribution >= 0.6 is 11.8 Å². The van der Waals surface area contributed by atoms with Gasteiger partial charge in [-0.1, -0.05) is 85.4 Å². The first-order chi connectivity index (χ1) is 16.4. The molecule has 4 nitrogen and oxygen atoms in total. The number of anilines is 1. The molecule has 0 aliphatic heterocycles. The van der Waals surface area contributed by atoms with Crippen molar-refractivity contribution in [2.75, 3.05) is 5.32 Å². The second-order valence-electron chi connectivity index (χ2n) is 7.63. The molecule has 1 amide bonds. The number of para-hydroxylation sites is 1. The Bertz CT molecular complexity index is 1150. The summed E-state index contributed by atoms with van der Waals surface area (Å²) in [5.74, 6) is -0.310. The molecule has 0 atom stereocenters. The van der Waals surface area contributed by atoms with Gasteiger partial charge in [0.25, 0.3) is 5.91 Å². The summed E-state index contributed by atoms with van der Waals surface area (Å²) < 4.78 is 0. The van der Waals surface area contributed by atoms with Crippen molar-refractivity contribution in [1.29, 1.82) is 0 Å². The maximum absolute atomic E-state index is 13.2. The summed E-state index contributed by atoms with van der Waals surface area (Å²) in [7, 11) is 0. The Morgan fingerprint density at radius 1 is 1.06 bits per heavy atom. The first-order valence-electron chi connectivity index (χ1n) is 11.3. The van der Waals surface area contributed by atoms with E-state index in [1.165, 1.54) is 11.8 Å². The molecule has 0 saturated carbocycles. The van der Waals surface area contributed by atoms with Crippen LogP contribution in [0.4, 0.5) is 5.69 Å². The molecule has 0 fully saturated rings. The number of benzene rings is 2. The number of aliphatic imine (C=N–C) groups is 2. The maximum Gasteiger partial charge on any atom is 0.274 e. The van der Waals surface area contributed by atoms with Crippen LogP contribution in [0.1, 0.15) is 52.2 Å². The lowest BCUT2D eigenvalue weighted by Gasteiger charge is -2.12. The van der Waals surface area contributed by atoms with Gasteiger partial charge in [0, 0.05) is 11.8 Å². The molecule has 0 unspecified atom stereocenters. The van der Waals surface area contributed by atoms with Crippen LogP contribution in [0.5, 0.6) is 0 Å². The van der Waals surface area contributed by atoms with E-state index in [-0.39, 0.29) is 11.6 Å². The molecule has 0 aromatic heterocycles. The van der Waals surface area contributed by atoms with Gasteiger partial charge in [0.05, 0.1) is 16.4 Å². The van der Waals surface area contributed by atoms with Crippen LogP contribution in [0.3, 0.4) is 0 Å². The molecule has 0 aliphatic carbocycles. The zero-order valence-corrected chi connectivity index (χ0v) is 21.4. The number of allylic oxidation sites excluding steroid dienone is 3. The van der Waals surface area contributed by atoms with Gasteiger partial charge in [-0.15, -0.1) is 0 Å². The monoisotopic (exact) mass is 471 g/mol. The van der Waals surface area contributed by atoms with Crippen LogP contribution in [0.2, 0.25) is 0 Å². The number of nitrogens with one attached hydrogen (secondary N) is 1. The van der Waals surface area contributed by atoms with Crippen LogP contribution < -0.4 is 5.32 Å². The quantitative estimate of drug-likeness (QED) is 0.296. The summed E-state index contributed by atoms with van der Waals surface area (Å²) in [6.07, 6.45) is 6.11. The number of nitrogens with zero attached hydrogens (tertiary/aromatic N) is 2. The van der Waals surface area contributed by atoms with Gasteiger partial charge in [0.2, 0.25) is 0 Å². The fraction of sp³-hybridized carbons (Fsp3) is 0.207. The Balaban J connectivity index is 2.32. The minimum atomic E-state index is -0.310. The van der Waals surface area contributed by atoms with E-state index in [9.17, 15) is 4.79 Å². The van der Waals surface area contributed by atoms with Crippen molar-refractivity contribution in [3.8, 4) is 0 Å². The van der Waals surface area contributed by atoms with Crippen molar-refractivity contribution >= 4 is 45.4 Å². The molecule has 5 heteroatoms. The highest BCUT2D eigenvalue weighted by atomic mass is 32.2. The van der Waals surface area contributed by atoms with E-state index in [4.69, 9.17) is 4.99 Å². The molecule has 2 aromatic carbocycles. The summed E-state index contributed by atoms with van der Waals surface area (Å²) in [4.78, 5) is 22.2. The van der Waals surface area contributed by atoms with Gasteiger partial charge >= 0.3 is 0 Å². The first kappa shape index (κ1) is 26.8. The smallest absolute Gasteiger partial charge is 0.274 e. The second-order valence-corrected chi connectivity index (χ2v) is 8.69. The van der Waals surface area contributed by atoms with E-state index in [0.29, 0.717) is 5.69 Å². The average Bonchev–Trinajstić information content (AvgIpc) is 2.86. The third kappa shape index (κ3) is 8.16. The topological polar surface area (TPSA) is 53.8 Å².